The molecule has 2 heterocycles. The van der Waals surface area contributed by atoms with Crippen molar-refractivity contribution < 1.29 is 19.4 Å². The molecule has 168 valence electrons. The number of rotatable bonds is 6. The standard InChI is InChI=1S/C22H36N4O4/c1-21(2,3)11-7-8-17-23-24-18(26(17)14-9-10-14)15-12-25(13-16(15)19(27)28)20(29)30-22(4,5)6/h14-16H,7-13H2,1-6H3,(H,27,28)/t15-,16-/m0/s1. The van der Waals surface area contributed by atoms with E-state index in [0.29, 0.717) is 18.4 Å². The average Bonchev–Trinajstić information content (AvgIpc) is 3.17. The number of carboxylic acids is 1. The second-order valence-corrected chi connectivity index (χ2v) is 10.9. The van der Waals surface area contributed by atoms with Gasteiger partial charge in [0.05, 0.1) is 11.8 Å². The lowest BCUT2D eigenvalue weighted by Crippen LogP contribution is -2.36. The van der Waals surface area contributed by atoms with E-state index in [4.69, 9.17) is 4.74 Å². The topological polar surface area (TPSA) is 97.6 Å². The number of likely N-dealkylation sites (tertiary alicyclic amines) is 1. The van der Waals surface area contributed by atoms with Crippen molar-refractivity contribution in [3.8, 4) is 0 Å². The summed E-state index contributed by atoms with van der Waals surface area (Å²) >= 11 is 0. The van der Waals surface area contributed by atoms with Crippen LogP contribution >= 0.6 is 0 Å². The van der Waals surface area contributed by atoms with Crippen molar-refractivity contribution >= 4 is 12.1 Å². The Hall–Kier alpha value is -2.12. The van der Waals surface area contributed by atoms with Gasteiger partial charge in [-0.05, 0) is 51.9 Å². The molecule has 8 nitrogen and oxygen atoms in total. The molecule has 30 heavy (non-hydrogen) atoms. The molecule has 8 heteroatoms. The van der Waals surface area contributed by atoms with Crippen molar-refractivity contribution in [3.05, 3.63) is 11.6 Å². The summed E-state index contributed by atoms with van der Waals surface area (Å²) < 4.78 is 7.63. The minimum Gasteiger partial charge on any atom is -0.481 e. The fraction of sp³-hybridized carbons (Fsp3) is 0.818. The van der Waals surface area contributed by atoms with Crippen LogP contribution in [-0.2, 0) is 16.0 Å². The molecule has 0 unspecified atom stereocenters. The summed E-state index contributed by atoms with van der Waals surface area (Å²) in [5.74, 6) is -0.342. The molecule has 0 aromatic carbocycles. The number of carbonyl (C=O) groups excluding carboxylic acids is 1. The van der Waals surface area contributed by atoms with Gasteiger partial charge in [0.25, 0.3) is 0 Å². The SMILES string of the molecule is CC(C)(C)CCCc1nnc([C@H]2CN(C(=O)OC(C)(C)C)C[C@@H]2C(=O)O)n1C1CC1. The number of hydrogen-bond acceptors (Lipinski definition) is 5. The average molecular weight is 421 g/mol. The molecule has 0 bridgehead atoms. The van der Waals surface area contributed by atoms with Crippen LogP contribution in [0, 0.1) is 11.3 Å². The first-order chi connectivity index (χ1) is 13.9. The summed E-state index contributed by atoms with van der Waals surface area (Å²) in [6, 6.07) is 0.352. The van der Waals surface area contributed by atoms with Gasteiger partial charge < -0.3 is 19.3 Å². The number of hydrogen-bond donors (Lipinski definition) is 1. The Morgan fingerprint density at radius 2 is 1.77 bits per heavy atom. The molecular formula is C22H36N4O4. The van der Waals surface area contributed by atoms with Gasteiger partial charge in [-0.1, -0.05) is 20.8 Å². The second-order valence-electron chi connectivity index (χ2n) is 10.9. The first-order valence-electron chi connectivity index (χ1n) is 11.0. The fourth-order valence-corrected chi connectivity index (χ4v) is 4.06. The highest BCUT2D eigenvalue weighted by Gasteiger charge is 2.45. The molecule has 2 atom stereocenters. The predicted octanol–water partition coefficient (Wildman–Crippen LogP) is 4.02. The smallest absolute Gasteiger partial charge is 0.410 e. The molecule has 0 spiro atoms. The van der Waals surface area contributed by atoms with Crippen molar-refractivity contribution in [2.24, 2.45) is 11.3 Å². The summed E-state index contributed by atoms with van der Waals surface area (Å²) in [5, 5.41) is 18.7. The third-order valence-electron chi connectivity index (χ3n) is 5.65. The largest absolute Gasteiger partial charge is 0.481 e. The van der Waals surface area contributed by atoms with Crippen LogP contribution in [0.1, 0.15) is 90.8 Å². The van der Waals surface area contributed by atoms with Crippen molar-refractivity contribution in [3.63, 3.8) is 0 Å². The normalized spacial score (nSPS) is 22.4. The lowest BCUT2D eigenvalue weighted by molar-refractivity contribution is -0.141. The second kappa shape index (κ2) is 8.19. The highest BCUT2D eigenvalue weighted by Crippen LogP contribution is 2.41. The minimum atomic E-state index is -0.911. The van der Waals surface area contributed by atoms with Gasteiger partial charge >= 0.3 is 12.1 Å². The molecule has 1 saturated carbocycles. The van der Waals surface area contributed by atoms with Crippen LogP contribution in [0.5, 0.6) is 0 Å². The molecule has 1 N–H and O–H groups in total. The van der Waals surface area contributed by atoms with Gasteiger partial charge in [0, 0.05) is 25.6 Å². The lowest BCUT2D eigenvalue weighted by atomic mass is 9.90. The van der Waals surface area contributed by atoms with E-state index in [2.05, 4.69) is 35.5 Å². The van der Waals surface area contributed by atoms with Crippen LogP contribution in [0.2, 0.25) is 0 Å². The zero-order chi connectivity index (χ0) is 22.3. The fourth-order valence-electron chi connectivity index (χ4n) is 4.06. The number of nitrogens with zero attached hydrogens (tertiary/aromatic N) is 4. The van der Waals surface area contributed by atoms with Crippen molar-refractivity contribution in [1.82, 2.24) is 19.7 Å². The van der Waals surface area contributed by atoms with E-state index in [1.807, 2.05) is 0 Å². The molecule has 1 amide bonds. The zero-order valence-electron chi connectivity index (χ0n) is 19.1. The van der Waals surface area contributed by atoms with E-state index in [-0.39, 0.29) is 17.9 Å². The Morgan fingerprint density at radius 1 is 1.10 bits per heavy atom. The summed E-state index contributed by atoms with van der Waals surface area (Å²) in [6.45, 7) is 12.5. The Labute approximate surface area is 179 Å². The molecule has 1 aliphatic heterocycles. The third kappa shape index (κ3) is 5.52. The maximum atomic E-state index is 12.5. The van der Waals surface area contributed by atoms with Crippen molar-refractivity contribution in [2.75, 3.05) is 13.1 Å². The van der Waals surface area contributed by atoms with E-state index < -0.39 is 23.6 Å². The number of aromatic nitrogens is 3. The first-order valence-corrected chi connectivity index (χ1v) is 11.0. The molecule has 3 rings (SSSR count). The van der Waals surface area contributed by atoms with Crippen molar-refractivity contribution in [1.29, 1.82) is 0 Å². The van der Waals surface area contributed by atoms with Gasteiger partial charge in [0.15, 0.2) is 0 Å². The molecule has 2 fully saturated rings. The molecule has 0 radical (unpaired) electrons. The lowest BCUT2D eigenvalue weighted by Gasteiger charge is -2.24. The van der Waals surface area contributed by atoms with Crippen LogP contribution in [0.15, 0.2) is 0 Å². The van der Waals surface area contributed by atoms with Gasteiger partial charge in [-0.25, -0.2) is 4.79 Å². The van der Waals surface area contributed by atoms with E-state index >= 15 is 0 Å². The quantitative estimate of drug-likeness (QED) is 0.746. The first kappa shape index (κ1) is 22.6. The number of aryl methyl sites for hydroxylation is 1. The predicted molar refractivity (Wildman–Crippen MR) is 112 cm³/mol. The number of amides is 1. The molecule has 1 aromatic rings. The van der Waals surface area contributed by atoms with E-state index in [9.17, 15) is 14.7 Å². The Bertz CT molecular complexity index is 786. The molecule has 2 aliphatic rings. The van der Waals surface area contributed by atoms with E-state index in [1.165, 1.54) is 4.90 Å². The summed E-state index contributed by atoms with van der Waals surface area (Å²) in [5.41, 5.74) is -0.358. The number of carboxylic acid groups (broad SMARTS) is 1. The Balaban J connectivity index is 1.80. The monoisotopic (exact) mass is 420 g/mol. The molecule has 1 aromatic heterocycles. The molecule has 1 saturated heterocycles. The Morgan fingerprint density at radius 3 is 2.30 bits per heavy atom. The van der Waals surface area contributed by atoms with Gasteiger partial charge in [0.1, 0.15) is 17.2 Å². The van der Waals surface area contributed by atoms with Crippen LogP contribution in [0.25, 0.3) is 0 Å². The maximum Gasteiger partial charge on any atom is 0.410 e. The van der Waals surface area contributed by atoms with E-state index in [0.717, 1.165) is 37.9 Å². The molecule has 1 aliphatic carbocycles. The van der Waals surface area contributed by atoms with Gasteiger partial charge in [-0.2, -0.15) is 0 Å². The van der Waals surface area contributed by atoms with Gasteiger partial charge in [-0.15, -0.1) is 10.2 Å². The highest BCUT2D eigenvalue weighted by molar-refractivity contribution is 5.75. The number of carbonyl (C=O) groups is 2. The number of ether oxygens (including phenoxy) is 1. The zero-order valence-corrected chi connectivity index (χ0v) is 19.1. The van der Waals surface area contributed by atoms with Crippen LogP contribution < -0.4 is 0 Å². The van der Waals surface area contributed by atoms with Crippen molar-refractivity contribution in [2.45, 2.75) is 91.2 Å². The Kier molecular flexibility index (Phi) is 6.16. The third-order valence-corrected chi connectivity index (χ3v) is 5.65. The summed E-state index contributed by atoms with van der Waals surface area (Å²) in [7, 11) is 0. The summed E-state index contributed by atoms with van der Waals surface area (Å²) in [6.07, 6.45) is 4.61. The van der Waals surface area contributed by atoms with Crippen LogP contribution in [0.3, 0.4) is 0 Å². The van der Waals surface area contributed by atoms with Gasteiger partial charge in [-0.3, -0.25) is 4.79 Å². The van der Waals surface area contributed by atoms with Crippen LogP contribution in [0.4, 0.5) is 4.79 Å². The minimum absolute atomic E-state index is 0.131. The van der Waals surface area contributed by atoms with Gasteiger partial charge in [0.2, 0.25) is 0 Å². The maximum absolute atomic E-state index is 12.5. The molecular weight excluding hydrogens is 384 g/mol. The van der Waals surface area contributed by atoms with Crippen LogP contribution in [-0.4, -0.2) is 55.5 Å². The number of aliphatic carboxylic acids is 1. The van der Waals surface area contributed by atoms with E-state index in [1.54, 1.807) is 20.8 Å². The highest BCUT2D eigenvalue weighted by atomic mass is 16.6. The summed E-state index contributed by atoms with van der Waals surface area (Å²) in [4.78, 5) is 26.0.